The van der Waals surface area contributed by atoms with E-state index in [-0.39, 0.29) is 12.0 Å². The lowest BCUT2D eigenvalue weighted by molar-refractivity contribution is -0.149. The van der Waals surface area contributed by atoms with Crippen LogP contribution in [-0.4, -0.2) is 41.2 Å². The van der Waals surface area contributed by atoms with Crippen LogP contribution < -0.4 is 0 Å². The minimum Gasteiger partial charge on any atom is -0.385 e. The van der Waals surface area contributed by atoms with Crippen LogP contribution in [0.4, 0.5) is 0 Å². The predicted molar refractivity (Wildman–Crippen MR) is 86.8 cm³/mol. The van der Waals surface area contributed by atoms with Crippen molar-refractivity contribution in [3.8, 4) is 0 Å². The van der Waals surface area contributed by atoms with Crippen LogP contribution in [0.25, 0.3) is 0 Å². The molecule has 1 atom stereocenters. The van der Waals surface area contributed by atoms with E-state index in [4.69, 9.17) is 16.3 Å². The molecule has 2 rings (SSSR count). The van der Waals surface area contributed by atoms with Crippen molar-refractivity contribution in [2.24, 2.45) is 0 Å². The molecule has 0 unspecified atom stereocenters. The highest BCUT2D eigenvalue weighted by atomic mass is 35.5. The fraction of sp³-hybridized carbons (Fsp3) is 0.588. The van der Waals surface area contributed by atoms with E-state index in [1.165, 1.54) is 0 Å². The Balaban J connectivity index is 1.97. The maximum absolute atomic E-state index is 12.3. The van der Waals surface area contributed by atoms with E-state index < -0.39 is 11.7 Å². The maximum Gasteiger partial charge on any atom is 0.251 e. The SMILES string of the molecule is CC(C)O[C@H](C)C(=O)N1CCC(O)(c2ccc(Cl)cc2)CC1. The van der Waals surface area contributed by atoms with Gasteiger partial charge in [-0.3, -0.25) is 4.79 Å². The van der Waals surface area contributed by atoms with Gasteiger partial charge in [0.1, 0.15) is 6.10 Å². The minimum atomic E-state index is -0.885. The van der Waals surface area contributed by atoms with E-state index in [0.717, 1.165) is 5.56 Å². The number of hydrogen-bond acceptors (Lipinski definition) is 3. The van der Waals surface area contributed by atoms with Gasteiger partial charge in [0.25, 0.3) is 5.91 Å². The first kappa shape index (κ1) is 17.3. The molecule has 1 aliphatic heterocycles. The molecule has 0 radical (unpaired) electrons. The molecule has 1 aromatic carbocycles. The number of piperidine rings is 1. The Bertz CT molecular complexity index is 507. The molecule has 22 heavy (non-hydrogen) atoms. The van der Waals surface area contributed by atoms with E-state index in [1.54, 1.807) is 24.0 Å². The van der Waals surface area contributed by atoms with Crippen LogP contribution in [-0.2, 0) is 15.1 Å². The summed E-state index contributed by atoms with van der Waals surface area (Å²) in [4.78, 5) is 14.1. The smallest absolute Gasteiger partial charge is 0.251 e. The first-order chi connectivity index (χ1) is 10.3. The first-order valence-corrected chi connectivity index (χ1v) is 8.12. The molecule has 1 heterocycles. The monoisotopic (exact) mass is 325 g/mol. The molecule has 1 fully saturated rings. The number of hydrogen-bond donors (Lipinski definition) is 1. The van der Waals surface area contributed by atoms with Crippen LogP contribution in [0.5, 0.6) is 0 Å². The Hall–Kier alpha value is -1.10. The number of aliphatic hydroxyl groups is 1. The minimum absolute atomic E-state index is 0.00754. The van der Waals surface area contributed by atoms with Crippen molar-refractivity contribution >= 4 is 17.5 Å². The molecule has 1 aliphatic rings. The van der Waals surface area contributed by atoms with Crippen molar-refractivity contribution in [1.29, 1.82) is 0 Å². The number of nitrogens with zero attached hydrogens (tertiary/aromatic N) is 1. The molecule has 1 amide bonds. The Labute approximate surface area is 137 Å². The van der Waals surface area contributed by atoms with Crippen LogP contribution in [0.2, 0.25) is 5.02 Å². The summed E-state index contributed by atoms with van der Waals surface area (Å²) in [6.07, 6.45) is 0.625. The molecule has 5 heteroatoms. The number of carbonyl (C=O) groups is 1. The van der Waals surface area contributed by atoms with Crippen LogP contribution in [0.15, 0.2) is 24.3 Å². The van der Waals surface area contributed by atoms with Gasteiger partial charge in [0, 0.05) is 18.1 Å². The third-order valence-electron chi connectivity index (χ3n) is 4.11. The number of amides is 1. The Morgan fingerprint density at radius 2 is 1.77 bits per heavy atom. The largest absolute Gasteiger partial charge is 0.385 e. The van der Waals surface area contributed by atoms with Gasteiger partial charge in [-0.1, -0.05) is 23.7 Å². The molecule has 1 aromatic rings. The third kappa shape index (κ3) is 4.00. The Morgan fingerprint density at radius 1 is 1.23 bits per heavy atom. The van der Waals surface area contributed by atoms with E-state index in [1.807, 2.05) is 26.0 Å². The van der Waals surface area contributed by atoms with Gasteiger partial charge in [-0.2, -0.15) is 0 Å². The lowest BCUT2D eigenvalue weighted by Crippen LogP contribution is -2.48. The van der Waals surface area contributed by atoms with Crippen molar-refractivity contribution in [3.05, 3.63) is 34.9 Å². The van der Waals surface area contributed by atoms with Crippen LogP contribution >= 0.6 is 11.6 Å². The molecular formula is C17H24ClNO3. The molecule has 4 nitrogen and oxygen atoms in total. The van der Waals surface area contributed by atoms with Crippen molar-refractivity contribution in [1.82, 2.24) is 4.90 Å². The molecule has 1 saturated heterocycles. The van der Waals surface area contributed by atoms with Gasteiger partial charge in [0.15, 0.2) is 0 Å². The van der Waals surface area contributed by atoms with Gasteiger partial charge in [-0.15, -0.1) is 0 Å². The lowest BCUT2D eigenvalue weighted by atomic mass is 9.84. The average molecular weight is 326 g/mol. The standard InChI is InChI=1S/C17H24ClNO3/c1-12(2)22-13(3)16(20)19-10-8-17(21,9-11-19)14-4-6-15(18)7-5-14/h4-7,12-13,21H,8-11H2,1-3H3/t13-/m1/s1. The number of halogens is 1. The highest BCUT2D eigenvalue weighted by molar-refractivity contribution is 6.30. The molecule has 1 N–H and O–H groups in total. The third-order valence-corrected chi connectivity index (χ3v) is 4.36. The summed E-state index contributed by atoms with van der Waals surface area (Å²) >= 11 is 5.89. The normalized spacial score (nSPS) is 19.3. The molecule has 0 bridgehead atoms. The van der Waals surface area contributed by atoms with Gasteiger partial charge in [-0.05, 0) is 51.3 Å². The van der Waals surface area contributed by atoms with Crippen molar-refractivity contribution in [2.45, 2.75) is 51.4 Å². The average Bonchev–Trinajstić information content (AvgIpc) is 2.47. The molecular weight excluding hydrogens is 302 g/mol. The second-order valence-electron chi connectivity index (χ2n) is 6.19. The second-order valence-corrected chi connectivity index (χ2v) is 6.63. The highest BCUT2D eigenvalue weighted by Gasteiger charge is 2.36. The quantitative estimate of drug-likeness (QED) is 0.926. The lowest BCUT2D eigenvalue weighted by Gasteiger charge is -2.39. The van der Waals surface area contributed by atoms with Gasteiger partial charge in [0.2, 0.25) is 0 Å². The topological polar surface area (TPSA) is 49.8 Å². The predicted octanol–water partition coefficient (Wildman–Crippen LogP) is 2.96. The number of rotatable bonds is 4. The van der Waals surface area contributed by atoms with E-state index >= 15 is 0 Å². The zero-order valence-corrected chi connectivity index (χ0v) is 14.1. The fourth-order valence-electron chi connectivity index (χ4n) is 2.87. The van der Waals surface area contributed by atoms with Crippen LogP contribution in [0.1, 0.15) is 39.2 Å². The number of carbonyl (C=O) groups excluding carboxylic acids is 1. The zero-order valence-electron chi connectivity index (χ0n) is 13.4. The van der Waals surface area contributed by atoms with Gasteiger partial charge in [-0.25, -0.2) is 0 Å². The summed E-state index contributed by atoms with van der Waals surface area (Å²) in [5.41, 5.74) is -0.0285. The van der Waals surface area contributed by atoms with Crippen molar-refractivity contribution in [2.75, 3.05) is 13.1 Å². The zero-order chi connectivity index (χ0) is 16.3. The second kappa shape index (κ2) is 6.99. The summed E-state index contributed by atoms with van der Waals surface area (Å²) in [6.45, 7) is 6.67. The maximum atomic E-state index is 12.3. The van der Waals surface area contributed by atoms with Crippen LogP contribution in [0.3, 0.4) is 0 Å². The number of ether oxygens (including phenoxy) is 1. The highest BCUT2D eigenvalue weighted by Crippen LogP contribution is 2.33. The first-order valence-electron chi connectivity index (χ1n) is 7.74. The van der Waals surface area contributed by atoms with Crippen molar-refractivity contribution < 1.29 is 14.6 Å². The Kier molecular flexibility index (Phi) is 5.48. The summed E-state index contributed by atoms with van der Waals surface area (Å²) in [7, 11) is 0. The molecule has 0 aromatic heterocycles. The summed E-state index contributed by atoms with van der Waals surface area (Å²) < 4.78 is 5.55. The number of benzene rings is 1. The summed E-state index contributed by atoms with van der Waals surface area (Å²) in [6, 6.07) is 7.27. The van der Waals surface area contributed by atoms with E-state index in [0.29, 0.717) is 31.0 Å². The van der Waals surface area contributed by atoms with Crippen molar-refractivity contribution in [3.63, 3.8) is 0 Å². The Morgan fingerprint density at radius 3 is 2.27 bits per heavy atom. The fourth-order valence-corrected chi connectivity index (χ4v) is 3.00. The van der Waals surface area contributed by atoms with Gasteiger partial charge < -0.3 is 14.7 Å². The van der Waals surface area contributed by atoms with E-state index in [2.05, 4.69) is 0 Å². The molecule has 0 spiro atoms. The van der Waals surface area contributed by atoms with Crippen LogP contribution in [0, 0.1) is 0 Å². The number of likely N-dealkylation sites (tertiary alicyclic amines) is 1. The summed E-state index contributed by atoms with van der Waals surface area (Å²) in [5, 5.41) is 11.5. The molecule has 122 valence electrons. The molecule has 0 saturated carbocycles. The van der Waals surface area contributed by atoms with Gasteiger partial charge >= 0.3 is 0 Å². The van der Waals surface area contributed by atoms with E-state index in [9.17, 15) is 9.90 Å². The van der Waals surface area contributed by atoms with Gasteiger partial charge in [0.05, 0.1) is 11.7 Å². The molecule has 0 aliphatic carbocycles. The summed E-state index contributed by atoms with van der Waals surface area (Å²) in [5.74, 6) is -0.00754.